The molecule has 1 atom stereocenters. The average Bonchev–Trinajstić information content (AvgIpc) is 2.65. The summed E-state index contributed by atoms with van der Waals surface area (Å²) in [6, 6.07) is 14.1. The molecule has 0 heterocycles. The molecule has 0 aliphatic carbocycles. The zero-order valence-corrected chi connectivity index (χ0v) is 14.9. The van der Waals surface area contributed by atoms with Gasteiger partial charge in [0.25, 0.3) is 5.91 Å². The van der Waals surface area contributed by atoms with Crippen molar-refractivity contribution in [2.45, 2.75) is 26.2 Å². The van der Waals surface area contributed by atoms with E-state index in [0.717, 1.165) is 6.42 Å². The number of amides is 1. The molecular weight excluding hydrogens is 334 g/mol. The smallest absolute Gasteiger partial charge is 0.262 e. The number of aliphatic carboxylic acids is 1. The number of hydrogen-bond donors (Lipinski definition) is 1. The molecule has 2 aromatic carbocycles. The summed E-state index contributed by atoms with van der Waals surface area (Å²) in [5, 5.41) is 13.0. The highest BCUT2D eigenvalue weighted by atomic mass is 16.5. The van der Waals surface area contributed by atoms with Crippen LogP contribution in [-0.2, 0) is 9.59 Å². The maximum Gasteiger partial charge on any atom is 0.262 e. The first-order valence-electron chi connectivity index (χ1n) is 8.43. The fourth-order valence-corrected chi connectivity index (χ4v) is 2.25. The van der Waals surface area contributed by atoms with E-state index in [1.54, 1.807) is 24.3 Å². The molecule has 0 bridgehead atoms. The Bertz CT molecular complexity index is 725. The van der Waals surface area contributed by atoms with Gasteiger partial charge in [0, 0.05) is 5.69 Å². The van der Waals surface area contributed by atoms with Gasteiger partial charge in [0.15, 0.2) is 6.61 Å². The van der Waals surface area contributed by atoms with Crippen LogP contribution in [0.2, 0.25) is 0 Å². The molecule has 0 radical (unpaired) electrons. The third-order valence-electron chi connectivity index (χ3n) is 3.93. The number of carboxylic acid groups (broad SMARTS) is 1. The lowest BCUT2D eigenvalue weighted by molar-refractivity contribution is -0.307. The number of carbonyl (C=O) groups excluding carboxylic acids is 2. The van der Waals surface area contributed by atoms with E-state index in [1.807, 2.05) is 24.3 Å². The minimum atomic E-state index is -1.29. The van der Waals surface area contributed by atoms with Crippen molar-refractivity contribution in [1.82, 2.24) is 0 Å². The van der Waals surface area contributed by atoms with Crippen LogP contribution >= 0.6 is 0 Å². The van der Waals surface area contributed by atoms with Gasteiger partial charge in [0.05, 0.1) is 5.97 Å². The van der Waals surface area contributed by atoms with Gasteiger partial charge in [0.1, 0.15) is 18.1 Å². The second-order valence-corrected chi connectivity index (χ2v) is 5.90. The van der Waals surface area contributed by atoms with E-state index in [4.69, 9.17) is 9.47 Å². The first kappa shape index (κ1) is 19.3. The Hall–Kier alpha value is -3.02. The molecule has 0 fully saturated rings. The zero-order valence-electron chi connectivity index (χ0n) is 14.9. The molecule has 2 aromatic rings. The number of nitrogens with one attached hydrogen (secondary N) is 1. The van der Waals surface area contributed by atoms with Gasteiger partial charge in [0.2, 0.25) is 0 Å². The van der Waals surface area contributed by atoms with Crippen LogP contribution in [0.5, 0.6) is 11.5 Å². The van der Waals surface area contributed by atoms with Gasteiger partial charge >= 0.3 is 0 Å². The summed E-state index contributed by atoms with van der Waals surface area (Å²) in [5.74, 6) is -0.0785. The van der Waals surface area contributed by atoms with Crippen molar-refractivity contribution in [3.63, 3.8) is 0 Å². The summed E-state index contributed by atoms with van der Waals surface area (Å²) in [6.45, 7) is 3.68. The second-order valence-electron chi connectivity index (χ2n) is 5.90. The molecule has 1 N–H and O–H groups in total. The van der Waals surface area contributed by atoms with Gasteiger partial charge in [-0.15, -0.1) is 0 Å². The van der Waals surface area contributed by atoms with Crippen LogP contribution < -0.4 is 19.9 Å². The standard InChI is InChI=1S/C20H23NO5/c1-3-14(2)15-4-8-17(9-5-15)25-12-19(22)21-16-6-10-18(11-7-16)26-13-20(23)24/h4-11,14H,3,12-13H2,1-2H3,(H,21,22)(H,23,24)/p-1/t14-/m0/s1. The monoisotopic (exact) mass is 356 g/mol. The van der Waals surface area contributed by atoms with Crippen molar-refractivity contribution in [3.8, 4) is 11.5 Å². The fourth-order valence-electron chi connectivity index (χ4n) is 2.25. The molecule has 26 heavy (non-hydrogen) atoms. The number of benzene rings is 2. The molecule has 0 aliphatic heterocycles. The van der Waals surface area contributed by atoms with Crippen molar-refractivity contribution in [1.29, 1.82) is 0 Å². The third-order valence-corrected chi connectivity index (χ3v) is 3.93. The minimum Gasteiger partial charge on any atom is -0.546 e. The SMILES string of the molecule is CC[C@H](C)c1ccc(OCC(=O)Nc2ccc(OCC(=O)[O-])cc2)cc1. The summed E-state index contributed by atoms with van der Waals surface area (Å²) >= 11 is 0. The molecule has 2 rings (SSSR count). The minimum absolute atomic E-state index is 0.106. The van der Waals surface area contributed by atoms with Gasteiger partial charge in [-0.25, -0.2) is 0 Å². The summed E-state index contributed by atoms with van der Waals surface area (Å²) < 4.78 is 10.5. The Labute approximate surface area is 152 Å². The summed E-state index contributed by atoms with van der Waals surface area (Å²) in [7, 11) is 0. The lowest BCUT2D eigenvalue weighted by Crippen LogP contribution is -2.28. The molecule has 0 spiro atoms. The van der Waals surface area contributed by atoms with Crippen molar-refractivity contribution in [3.05, 3.63) is 54.1 Å². The zero-order chi connectivity index (χ0) is 18.9. The van der Waals surface area contributed by atoms with Gasteiger partial charge in [-0.05, 0) is 54.3 Å². The maximum absolute atomic E-state index is 12.0. The van der Waals surface area contributed by atoms with Gasteiger partial charge in [-0.1, -0.05) is 26.0 Å². The normalized spacial score (nSPS) is 11.5. The highest BCUT2D eigenvalue weighted by Gasteiger charge is 2.06. The van der Waals surface area contributed by atoms with Gasteiger partial charge in [-0.2, -0.15) is 0 Å². The highest BCUT2D eigenvalue weighted by Crippen LogP contribution is 2.21. The summed E-state index contributed by atoms with van der Waals surface area (Å²) in [4.78, 5) is 22.3. The molecule has 138 valence electrons. The van der Waals surface area contributed by atoms with Crippen molar-refractivity contribution < 1.29 is 24.2 Å². The number of anilines is 1. The van der Waals surface area contributed by atoms with E-state index in [-0.39, 0.29) is 12.5 Å². The fraction of sp³-hybridized carbons (Fsp3) is 0.300. The molecule has 1 amide bonds. The third kappa shape index (κ3) is 6.12. The molecular formula is C20H22NO5-. The Morgan fingerprint density at radius 1 is 0.962 bits per heavy atom. The Balaban J connectivity index is 1.80. The van der Waals surface area contributed by atoms with Crippen molar-refractivity contribution in [2.75, 3.05) is 18.5 Å². The quantitative estimate of drug-likeness (QED) is 0.745. The van der Waals surface area contributed by atoms with E-state index < -0.39 is 12.6 Å². The number of rotatable bonds is 9. The topological polar surface area (TPSA) is 87.7 Å². The van der Waals surface area contributed by atoms with Crippen LogP contribution in [0.25, 0.3) is 0 Å². The predicted octanol–water partition coefficient (Wildman–Crippen LogP) is 2.35. The molecule has 0 saturated carbocycles. The van der Waals surface area contributed by atoms with Crippen LogP contribution in [0, 0.1) is 0 Å². The Kier molecular flexibility index (Phi) is 7.02. The second kappa shape index (κ2) is 9.46. The molecule has 0 aliphatic rings. The van der Waals surface area contributed by atoms with E-state index >= 15 is 0 Å². The lowest BCUT2D eigenvalue weighted by atomic mass is 9.99. The molecule has 6 heteroatoms. The van der Waals surface area contributed by atoms with Gasteiger partial charge in [-0.3, -0.25) is 4.79 Å². The van der Waals surface area contributed by atoms with Crippen molar-refractivity contribution in [2.24, 2.45) is 0 Å². The van der Waals surface area contributed by atoms with E-state index in [9.17, 15) is 14.7 Å². The predicted molar refractivity (Wildman–Crippen MR) is 96.2 cm³/mol. The molecule has 0 saturated heterocycles. The first-order valence-corrected chi connectivity index (χ1v) is 8.43. The molecule has 6 nitrogen and oxygen atoms in total. The van der Waals surface area contributed by atoms with E-state index in [0.29, 0.717) is 23.1 Å². The summed E-state index contributed by atoms with van der Waals surface area (Å²) in [6.07, 6.45) is 1.07. The Morgan fingerprint density at radius 2 is 1.50 bits per heavy atom. The summed E-state index contributed by atoms with van der Waals surface area (Å²) in [5.41, 5.74) is 1.80. The number of carboxylic acids is 1. The van der Waals surface area contributed by atoms with Crippen LogP contribution in [0.4, 0.5) is 5.69 Å². The average molecular weight is 356 g/mol. The lowest BCUT2D eigenvalue weighted by Gasteiger charge is -2.11. The van der Waals surface area contributed by atoms with Crippen molar-refractivity contribution >= 4 is 17.6 Å². The van der Waals surface area contributed by atoms with E-state index in [2.05, 4.69) is 19.2 Å². The van der Waals surface area contributed by atoms with Crippen LogP contribution in [0.1, 0.15) is 31.7 Å². The maximum atomic E-state index is 12.0. The number of ether oxygens (including phenoxy) is 2. The molecule has 0 unspecified atom stereocenters. The first-order chi connectivity index (χ1) is 12.5. The van der Waals surface area contributed by atoms with Crippen LogP contribution in [-0.4, -0.2) is 25.1 Å². The largest absolute Gasteiger partial charge is 0.546 e. The number of carbonyl (C=O) groups is 2. The highest BCUT2D eigenvalue weighted by molar-refractivity contribution is 5.91. The molecule has 0 aromatic heterocycles. The van der Waals surface area contributed by atoms with Crippen LogP contribution in [0.3, 0.4) is 0 Å². The number of hydrogen-bond acceptors (Lipinski definition) is 5. The van der Waals surface area contributed by atoms with E-state index in [1.165, 1.54) is 5.56 Å². The van der Waals surface area contributed by atoms with Crippen LogP contribution in [0.15, 0.2) is 48.5 Å². The van der Waals surface area contributed by atoms with Gasteiger partial charge < -0.3 is 24.7 Å². The Morgan fingerprint density at radius 3 is 2.04 bits per heavy atom.